The van der Waals surface area contributed by atoms with Gasteiger partial charge in [-0.1, -0.05) is 51.8 Å². The number of halogens is 3. The molecule has 0 bridgehead atoms. The van der Waals surface area contributed by atoms with Gasteiger partial charge >= 0.3 is 0 Å². The molecule has 6 heteroatoms. The lowest BCUT2D eigenvalue weighted by atomic mass is 10.0. The number of hydrogen-bond acceptors (Lipinski definition) is 3. The zero-order valence-corrected chi connectivity index (χ0v) is 17.8. The molecule has 0 saturated heterocycles. The molecule has 3 aromatic rings. The number of nitriles is 1. The van der Waals surface area contributed by atoms with Crippen molar-refractivity contribution in [2.24, 2.45) is 0 Å². The van der Waals surface area contributed by atoms with E-state index in [1.807, 2.05) is 12.1 Å². The zero-order valence-electron chi connectivity index (χ0n) is 15.5. The predicted octanol–water partition coefficient (Wildman–Crippen LogP) is 6.89. The van der Waals surface area contributed by atoms with Gasteiger partial charge in [0.1, 0.15) is 12.4 Å². The maximum Gasteiger partial charge on any atom is 0.162 e. The van der Waals surface area contributed by atoms with Crippen LogP contribution in [-0.2, 0) is 6.61 Å². The Kier molecular flexibility index (Phi) is 6.92. The Morgan fingerprint density at radius 1 is 1.10 bits per heavy atom. The van der Waals surface area contributed by atoms with Gasteiger partial charge in [0.05, 0.1) is 18.8 Å². The first-order valence-corrected chi connectivity index (χ1v) is 9.80. The molecule has 0 heterocycles. The number of allylic oxidation sites excluding steroid dienone is 1. The van der Waals surface area contributed by atoms with Crippen LogP contribution in [-0.4, -0.2) is 7.11 Å². The summed E-state index contributed by atoms with van der Waals surface area (Å²) in [7, 11) is 1.55. The lowest BCUT2D eigenvalue weighted by Crippen LogP contribution is -1.98. The Bertz CT molecular complexity index is 1070. The second-order valence-electron chi connectivity index (χ2n) is 6.12. The molecule has 0 aliphatic carbocycles. The summed E-state index contributed by atoms with van der Waals surface area (Å²) in [4.78, 5) is 0. The van der Waals surface area contributed by atoms with Gasteiger partial charge < -0.3 is 9.47 Å². The molecule has 0 radical (unpaired) electrons. The minimum atomic E-state index is -0.351. The van der Waals surface area contributed by atoms with Gasteiger partial charge in [0.15, 0.2) is 11.5 Å². The number of rotatable bonds is 6. The summed E-state index contributed by atoms with van der Waals surface area (Å²) in [5.74, 6) is 0.743. The highest BCUT2D eigenvalue weighted by Crippen LogP contribution is 2.36. The fraction of sp³-hybridized carbons (Fsp3) is 0.0870. The van der Waals surface area contributed by atoms with Crippen molar-refractivity contribution in [3.05, 3.63) is 92.7 Å². The fourth-order valence-corrected chi connectivity index (χ4v) is 3.20. The molecule has 0 N–H and O–H groups in total. The first kappa shape index (κ1) is 20.9. The summed E-state index contributed by atoms with van der Waals surface area (Å²) in [5, 5.41) is 10.2. The monoisotopic (exact) mass is 471 g/mol. The van der Waals surface area contributed by atoms with Crippen molar-refractivity contribution in [3.63, 3.8) is 0 Å². The second-order valence-corrected chi connectivity index (χ2v) is 7.41. The molecule has 0 aliphatic rings. The molecule has 0 saturated carbocycles. The van der Waals surface area contributed by atoms with Crippen molar-refractivity contribution in [1.82, 2.24) is 0 Å². The smallest absolute Gasteiger partial charge is 0.162 e. The Morgan fingerprint density at radius 3 is 2.41 bits per heavy atom. The topological polar surface area (TPSA) is 42.2 Å². The van der Waals surface area contributed by atoms with Gasteiger partial charge in [-0.3, -0.25) is 0 Å². The van der Waals surface area contributed by atoms with E-state index in [0.29, 0.717) is 34.3 Å². The van der Waals surface area contributed by atoms with E-state index in [2.05, 4.69) is 22.0 Å². The summed E-state index contributed by atoms with van der Waals surface area (Å²) >= 11 is 9.43. The third kappa shape index (κ3) is 5.38. The summed E-state index contributed by atoms with van der Waals surface area (Å²) < 4.78 is 25.2. The molecular weight excluding hydrogens is 457 g/mol. The Labute approximate surface area is 182 Å². The number of hydrogen-bond donors (Lipinski definition) is 0. The van der Waals surface area contributed by atoms with Gasteiger partial charge in [-0.05, 0) is 59.2 Å². The van der Waals surface area contributed by atoms with Crippen molar-refractivity contribution in [1.29, 1.82) is 5.26 Å². The molecule has 0 aromatic heterocycles. The maximum absolute atomic E-state index is 13.2. The van der Waals surface area contributed by atoms with E-state index >= 15 is 0 Å². The Morgan fingerprint density at radius 2 is 1.79 bits per heavy atom. The van der Waals surface area contributed by atoms with Gasteiger partial charge in [0.2, 0.25) is 0 Å². The van der Waals surface area contributed by atoms with Gasteiger partial charge in [0, 0.05) is 9.50 Å². The second kappa shape index (κ2) is 9.60. The normalized spacial score (nSPS) is 11.1. The quantitative estimate of drug-likeness (QED) is 0.290. The molecule has 3 nitrogen and oxygen atoms in total. The van der Waals surface area contributed by atoms with Gasteiger partial charge in [-0.25, -0.2) is 4.39 Å². The van der Waals surface area contributed by atoms with E-state index in [9.17, 15) is 9.65 Å². The van der Waals surface area contributed by atoms with E-state index in [-0.39, 0.29) is 5.82 Å². The minimum Gasteiger partial charge on any atom is -0.493 e. The van der Waals surface area contributed by atoms with Crippen molar-refractivity contribution in [2.75, 3.05) is 7.11 Å². The average Bonchev–Trinajstić information content (AvgIpc) is 2.73. The van der Waals surface area contributed by atoms with Crippen LogP contribution < -0.4 is 9.47 Å². The average molecular weight is 473 g/mol. The third-order valence-electron chi connectivity index (χ3n) is 4.17. The van der Waals surface area contributed by atoms with Crippen molar-refractivity contribution in [2.45, 2.75) is 6.61 Å². The number of benzene rings is 3. The molecule has 3 aromatic carbocycles. The first-order chi connectivity index (χ1) is 14.0. The molecular formula is C23H16BrClFNO2. The highest BCUT2D eigenvalue weighted by Gasteiger charge is 2.11. The van der Waals surface area contributed by atoms with Crippen molar-refractivity contribution in [3.8, 4) is 17.6 Å². The lowest BCUT2D eigenvalue weighted by Gasteiger charge is -2.13. The van der Waals surface area contributed by atoms with E-state index < -0.39 is 0 Å². The fourth-order valence-electron chi connectivity index (χ4n) is 2.64. The molecule has 3 rings (SSSR count). The Balaban J connectivity index is 1.88. The Hall–Kier alpha value is -2.81. The molecule has 0 aliphatic heterocycles. The van der Waals surface area contributed by atoms with Crippen LogP contribution in [0.1, 0.15) is 16.7 Å². The van der Waals surface area contributed by atoms with Crippen LogP contribution in [0.5, 0.6) is 11.5 Å². The first-order valence-electron chi connectivity index (χ1n) is 8.62. The van der Waals surface area contributed by atoms with Gasteiger partial charge in [-0.2, -0.15) is 5.26 Å². The summed E-state index contributed by atoms with van der Waals surface area (Å²) in [5.41, 5.74) is 2.74. The third-order valence-corrected chi connectivity index (χ3v) is 5.10. The summed E-state index contributed by atoms with van der Waals surface area (Å²) in [6.45, 7) is 0.355. The number of ether oxygens (including phenoxy) is 2. The standard InChI is InChI=1S/C23H16BrClFNO2/c1-28-22-11-17(10-18(13-27)16-4-8-20(26)9-5-16)21(24)12-23(22)29-14-15-2-6-19(25)7-3-15/h2-12H,14H2,1H3. The van der Waals surface area contributed by atoms with Crippen LogP contribution in [0.3, 0.4) is 0 Å². The number of nitrogens with zero attached hydrogens (tertiary/aromatic N) is 1. The maximum atomic E-state index is 13.2. The summed E-state index contributed by atoms with van der Waals surface area (Å²) in [6.07, 6.45) is 1.71. The zero-order chi connectivity index (χ0) is 20.8. The molecule has 0 spiro atoms. The largest absolute Gasteiger partial charge is 0.493 e. The van der Waals surface area contributed by atoms with E-state index in [4.69, 9.17) is 21.1 Å². The van der Waals surface area contributed by atoms with Crippen molar-refractivity contribution >= 4 is 39.2 Å². The van der Waals surface area contributed by atoms with Gasteiger partial charge in [0.25, 0.3) is 0 Å². The van der Waals surface area contributed by atoms with Crippen LogP contribution in [0, 0.1) is 17.1 Å². The summed E-state index contributed by atoms with van der Waals surface area (Å²) in [6, 6.07) is 18.9. The molecule has 146 valence electrons. The van der Waals surface area contributed by atoms with Crippen LogP contribution >= 0.6 is 27.5 Å². The van der Waals surface area contributed by atoms with Crippen LogP contribution in [0.15, 0.2) is 65.1 Å². The predicted molar refractivity (Wildman–Crippen MR) is 116 cm³/mol. The SMILES string of the molecule is COc1cc(C=C(C#N)c2ccc(F)cc2)c(Br)cc1OCc1ccc(Cl)cc1. The molecule has 0 amide bonds. The molecule has 0 unspecified atom stereocenters. The minimum absolute atomic E-state index is 0.351. The molecule has 29 heavy (non-hydrogen) atoms. The van der Waals surface area contributed by atoms with Gasteiger partial charge in [-0.15, -0.1) is 0 Å². The lowest BCUT2D eigenvalue weighted by molar-refractivity contribution is 0.284. The van der Waals surface area contributed by atoms with Crippen molar-refractivity contribution < 1.29 is 13.9 Å². The van der Waals surface area contributed by atoms with E-state index in [1.165, 1.54) is 12.1 Å². The van der Waals surface area contributed by atoms with Crippen LogP contribution in [0.4, 0.5) is 4.39 Å². The van der Waals surface area contributed by atoms with E-state index in [1.54, 1.807) is 49.6 Å². The molecule has 0 fully saturated rings. The molecule has 0 atom stereocenters. The number of methoxy groups -OCH3 is 1. The van der Waals surface area contributed by atoms with Crippen LogP contribution in [0.2, 0.25) is 5.02 Å². The highest BCUT2D eigenvalue weighted by atomic mass is 79.9. The van der Waals surface area contributed by atoms with Crippen LogP contribution in [0.25, 0.3) is 11.6 Å². The highest BCUT2D eigenvalue weighted by molar-refractivity contribution is 9.10. The van der Waals surface area contributed by atoms with E-state index in [0.717, 1.165) is 15.6 Å².